The van der Waals surface area contributed by atoms with Gasteiger partial charge in [0.15, 0.2) is 0 Å². The maximum atomic E-state index is 12.6. The fraction of sp³-hybridized carbons (Fsp3) is 0.318. The van der Waals surface area contributed by atoms with Crippen LogP contribution >= 0.6 is 11.3 Å². The van der Waals surface area contributed by atoms with Gasteiger partial charge in [0.1, 0.15) is 0 Å². The standard InChI is InChI=1S/C22H23N3O2S/c1-16-14-21(27)25(23-22(16)17-6-3-2-4-7-17)18-9-11-24(12-10-18)20(26)15-19-8-5-13-28-19/h2-8,13-14,18H,9-12,15H2,1H3. The summed E-state index contributed by atoms with van der Waals surface area (Å²) in [5.41, 5.74) is 2.67. The van der Waals surface area contributed by atoms with Crippen molar-refractivity contribution in [2.75, 3.05) is 13.1 Å². The number of aromatic nitrogens is 2. The number of hydrogen-bond donors (Lipinski definition) is 0. The molecule has 0 spiro atoms. The van der Waals surface area contributed by atoms with Crippen LogP contribution in [-0.4, -0.2) is 33.7 Å². The SMILES string of the molecule is Cc1cc(=O)n(C2CCN(C(=O)Cc3cccs3)CC2)nc1-c1ccccc1. The first-order valence-electron chi connectivity index (χ1n) is 9.58. The number of benzene rings is 1. The van der Waals surface area contributed by atoms with Gasteiger partial charge in [-0.2, -0.15) is 5.10 Å². The number of carbonyl (C=O) groups excluding carboxylic acids is 1. The smallest absolute Gasteiger partial charge is 0.267 e. The molecule has 1 fully saturated rings. The maximum Gasteiger partial charge on any atom is 0.267 e. The van der Waals surface area contributed by atoms with Crippen LogP contribution in [0.3, 0.4) is 0 Å². The van der Waals surface area contributed by atoms with E-state index in [0.717, 1.165) is 34.5 Å². The topological polar surface area (TPSA) is 55.2 Å². The van der Waals surface area contributed by atoms with Crippen LogP contribution in [0.1, 0.15) is 29.3 Å². The molecule has 2 aromatic heterocycles. The first-order chi connectivity index (χ1) is 13.6. The van der Waals surface area contributed by atoms with Crippen molar-refractivity contribution < 1.29 is 4.79 Å². The van der Waals surface area contributed by atoms with Gasteiger partial charge in [0.25, 0.3) is 5.56 Å². The van der Waals surface area contributed by atoms with E-state index in [9.17, 15) is 9.59 Å². The summed E-state index contributed by atoms with van der Waals surface area (Å²) >= 11 is 1.61. The molecule has 5 nitrogen and oxygen atoms in total. The first kappa shape index (κ1) is 18.6. The van der Waals surface area contributed by atoms with Crippen molar-refractivity contribution in [1.82, 2.24) is 14.7 Å². The van der Waals surface area contributed by atoms with Gasteiger partial charge in [0, 0.05) is 29.6 Å². The minimum absolute atomic E-state index is 0.0290. The summed E-state index contributed by atoms with van der Waals surface area (Å²) in [6.45, 7) is 3.25. The molecule has 28 heavy (non-hydrogen) atoms. The fourth-order valence-corrected chi connectivity index (χ4v) is 4.43. The largest absolute Gasteiger partial charge is 0.342 e. The van der Waals surface area contributed by atoms with Crippen molar-refractivity contribution in [3.63, 3.8) is 0 Å². The predicted molar refractivity (Wildman–Crippen MR) is 112 cm³/mol. The molecule has 1 aromatic carbocycles. The average molecular weight is 394 g/mol. The van der Waals surface area contributed by atoms with Gasteiger partial charge >= 0.3 is 0 Å². The summed E-state index contributed by atoms with van der Waals surface area (Å²) < 4.78 is 1.62. The second kappa shape index (κ2) is 8.10. The Balaban J connectivity index is 1.49. The summed E-state index contributed by atoms with van der Waals surface area (Å²) in [6.07, 6.45) is 1.96. The van der Waals surface area contributed by atoms with Crippen LogP contribution in [0, 0.1) is 6.92 Å². The van der Waals surface area contributed by atoms with E-state index in [0.29, 0.717) is 19.5 Å². The third-order valence-electron chi connectivity index (χ3n) is 5.26. The number of amides is 1. The number of hydrogen-bond acceptors (Lipinski definition) is 4. The van der Waals surface area contributed by atoms with Crippen LogP contribution in [0.5, 0.6) is 0 Å². The van der Waals surface area contributed by atoms with Crippen LogP contribution in [0.2, 0.25) is 0 Å². The molecule has 1 amide bonds. The molecule has 1 aliphatic rings. The number of piperidine rings is 1. The zero-order valence-corrected chi connectivity index (χ0v) is 16.7. The third-order valence-corrected chi connectivity index (χ3v) is 6.14. The summed E-state index contributed by atoms with van der Waals surface area (Å²) in [6, 6.07) is 15.6. The minimum Gasteiger partial charge on any atom is -0.342 e. The van der Waals surface area contributed by atoms with Gasteiger partial charge in [-0.3, -0.25) is 9.59 Å². The van der Waals surface area contributed by atoms with E-state index in [1.165, 1.54) is 0 Å². The number of carbonyl (C=O) groups is 1. The Bertz CT molecular complexity index is 1000. The Morgan fingerprint density at radius 3 is 2.57 bits per heavy atom. The Labute approximate surface area is 168 Å². The highest BCUT2D eigenvalue weighted by molar-refractivity contribution is 7.10. The molecule has 4 rings (SSSR count). The quantitative estimate of drug-likeness (QED) is 0.679. The van der Waals surface area contributed by atoms with Gasteiger partial charge in [-0.1, -0.05) is 36.4 Å². The van der Waals surface area contributed by atoms with Crippen molar-refractivity contribution in [2.45, 2.75) is 32.2 Å². The van der Waals surface area contributed by atoms with Crippen molar-refractivity contribution >= 4 is 17.2 Å². The molecule has 0 aliphatic carbocycles. The van der Waals surface area contributed by atoms with E-state index in [1.807, 2.05) is 59.7 Å². The summed E-state index contributed by atoms with van der Waals surface area (Å²) in [5, 5.41) is 6.69. The van der Waals surface area contributed by atoms with E-state index < -0.39 is 0 Å². The van der Waals surface area contributed by atoms with E-state index >= 15 is 0 Å². The minimum atomic E-state index is -0.0689. The van der Waals surface area contributed by atoms with Crippen molar-refractivity contribution in [3.05, 3.63) is 74.7 Å². The lowest BCUT2D eigenvalue weighted by Gasteiger charge is -2.32. The van der Waals surface area contributed by atoms with Crippen molar-refractivity contribution in [2.24, 2.45) is 0 Å². The van der Waals surface area contributed by atoms with Gasteiger partial charge in [-0.05, 0) is 36.8 Å². The highest BCUT2D eigenvalue weighted by Gasteiger charge is 2.25. The normalized spacial score (nSPS) is 15.0. The zero-order valence-electron chi connectivity index (χ0n) is 15.9. The number of likely N-dealkylation sites (tertiary alicyclic amines) is 1. The van der Waals surface area contributed by atoms with E-state index in [2.05, 4.69) is 0 Å². The summed E-state index contributed by atoms with van der Waals surface area (Å²) in [4.78, 5) is 28.1. The van der Waals surface area contributed by atoms with Crippen LogP contribution in [0.4, 0.5) is 0 Å². The van der Waals surface area contributed by atoms with E-state index in [-0.39, 0.29) is 17.5 Å². The molecule has 0 unspecified atom stereocenters. The molecule has 0 saturated carbocycles. The van der Waals surface area contributed by atoms with Gasteiger partial charge in [0.2, 0.25) is 5.91 Å². The van der Waals surface area contributed by atoms with Crippen LogP contribution in [0.15, 0.2) is 58.7 Å². The lowest BCUT2D eigenvalue weighted by Crippen LogP contribution is -2.42. The molecule has 0 radical (unpaired) electrons. The van der Waals surface area contributed by atoms with Crippen LogP contribution in [-0.2, 0) is 11.2 Å². The number of rotatable bonds is 4. The Morgan fingerprint density at radius 2 is 1.89 bits per heavy atom. The number of thiophene rings is 1. The molecular weight excluding hydrogens is 370 g/mol. The Hall–Kier alpha value is -2.73. The number of nitrogens with zero attached hydrogens (tertiary/aromatic N) is 3. The second-order valence-corrected chi connectivity index (χ2v) is 8.23. The molecule has 0 bridgehead atoms. The predicted octanol–water partition coefficient (Wildman–Crippen LogP) is 3.69. The highest BCUT2D eigenvalue weighted by atomic mass is 32.1. The van der Waals surface area contributed by atoms with Crippen LogP contribution in [0.25, 0.3) is 11.3 Å². The van der Waals surface area contributed by atoms with E-state index in [4.69, 9.17) is 5.10 Å². The summed E-state index contributed by atoms with van der Waals surface area (Å²) in [7, 11) is 0. The molecule has 144 valence electrons. The second-order valence-electron chi connectivity index (χ2n) is 7.19. The molecule has 1 saturated heterocycles. The highest BCUT2D eigenvalue weighted by Crippen LogP contribution is 2.24. The van der Waals surface area contributed by atoms with Crippen molar-refractivity contribution in [3.8, 4) is 11.3 Å². The fourth-order valence-electron chi connectivity index (χ4n) is 3.73. The number of aryl methyl sites for hydroxylation is 1. The third kappa shape index (κ3) is 3.92. The molecule has 1 aliphatic heterocycles. The lowest BCUT2D eigenvalue weighted by atomic mass is 10.0. The molecular formula is C22H23N3O2S. The average Bonchev–Trinajstić information content (AvgIpc) is 3.22. The first-order valence-corrected chi connectivity index (χ1v) is 10.5. The molecule has 6 heteroatoms. The van der Waals surface area contributed by atoms with Gasteiger partial charge in [-0.15, -0.1) is 11.3 Å². The monoisotopic (exact) mass is 393 g/mol. The van der Waals surface area contributed by atoms with E-state index in [1.54, 1.807) is 22.1 Å². The Morgan fingerprint density at radius 1 is 1.14 bits per heavy atom. The van der Waals surface area contributed by atoms with Gasteiger partial charge in [0.05, 0.1) is 18.2 Å². The summed E-state index contributed by atoms with van der Waals surface area (Å²) in [5.74, 6) is 0.162. The molecule has 3 heterocycles. The maximum absolute atomic E-state index is 12.6. The molecule has 0 N–H and O–H groups in total. The lowest BCUT2D eigenvalue weighted by molar-refractivity contribution is -0.131. The van der Waals surface area contributed by atoms with Crippen LogP contribution < -0.4 is 5.56 Å². The van der Waals surface area contributed by atoms with Gasteiger partial charge in [-0.25, -0.2) is 4.68 Å². The van der Waals surface area contributed by atoms with Gasteiger partial charge < -0.3 is 4.90 Å². The Kier molecular flexibility index (Phi) is 5.39. The molecule has 3 aromatic rings. The van der Waals surface area contributed by atoms with Crippen molar-refractivity contribution in [1.29, 1.82) is 0 Å². The zero-order chi connectivity index (χ0) is 19.5. The molecule has 0 atom stereocenters.